The molecular weight excluding hydrogens is 286 g/mol. The van der Waals surface area contributed by atoms with Crippen LogP contribution in [-0.4, -0.2) is 18.7 Å². The van der Waals surface area contributed by atoms with Crippen molar-refractivity contribution in [2.75, 3.05) is 6.54 Å². The van der Waals surface area contributed by atoms with E-state index in [1.807, 2.05) is 36.4 Å². The Morgan fingerprint density at radius 3 is 2.70 bits per heavy atom. The summed E-state index contributed by atoms with van der Waals surface area (Å²) < 4.78 is 0. The first-order valence-corrected chi connectivity index (χ1v) is 8.17. The molecule has 3 heteroatoms. The number of aryl methyl sites for hydroxylation is 1. The van der Waals surface area contributed by atoms with Crippen LogP contribution in [0.25, 0.3) is 0 Å². The summed E-state index contributed by atoms with van der Waals surface area (Å²) in [6, 6.07) is 15.8. The molecular formula is C20H21NO2. The van der Waals surface area contributed by atoms with Crippen molar-refractivity contribution in [3.63, 3.8) is 0 Å². The molecule has 1 aliphatic rings. The molecule has 0 saturated carbocycles. The quantitative estimate of drug-likeness (QED) is 0.862. The molecule has 0 aromatic heterocycles. The highest BCUT2D eigenvalue weighted by molar-refractivity contribution is 5.84. The second kappa shape index (κ2) is 7.23. The lowest BCUT2D eigenvalue weighted by Crippen LogP contribution is -2.32. The highest BCUT2D eigenvalue weighted by Crippen LogP contribution is 2.31. The first kappa shape index (κ1) is 15.5. The molecule has 1 atom stereocenters. The fourth-order valence-corrected chi connectivity index (χ4v) is 3.24. The predicted molar refractivity (Wildman–Crippen MR) is 90.7 cm³/mol. The molecule has 0 spiro atoms. The minimum atomic E-state index is -0.0163. The number of rotatable bonds is 5. The van der Waals surface area contributed by atoms with Gasteiger partial charge < -0.3 is 5.32 Å². The Morgan fingerprint density at radius 1 is 1.13 bits per heavy atom. The second-order valence-electron chi connectivity index (χ2n) is 6.04. The number of hydrogen-bond donors (Lipinski definition) is 1. The third-order valence-corrected chi connectivity index (χ3v) is 4.51. The van der Waals surface area contributed by atoms with Crippen molar-refractivity contribution in [3.8, 4) is 0 Å². The van der Waals surface area contributed by atoms with Crippen LogP contribution in [0.2, 0.25) is 0 Å². The lowest BCUT2D eigenvalue weighted by atomic mass is 9.82. The van der Waals surface area contributed by atoms with E-state index in [4.69, 9.17) is 0 Å². The van der Waals surface area contributed by atoms with Crippen LogP contribution in [0, 0.1) is 0 Å². The zero-order valence-corrected chi connectivity index (χ0v) is 13.1. The molecule has 1 aliphatic carbocycles. The van der Waals surface area contributed by atoms with Gasteiger partial charge in [0, 0.05) is 12.1 Å². The molecule has 2 aromatic rings. The van der Waals surface area contributed by atoms with E-state index in [9.17, 15) is 9.59 Å². The van der Waals surface area contributed by atoms with Gasteiger partial charge in [0.1, 0.15) is 6.29 Å². The fourth-order valence-electron chi connectivity index (χ4n) is 3.24. The van der Waals surface area contributed by atoms with Crippen molar-refractivity contribution in [2.45, 2.75) is 31.6 Å². The number of carbonyl (C=O) groups is 2. The Morgan fingerprint density at radius 2 is 1.91 bits per heavy atom. The van der Waals surface area contributed by atoms with E-state index < -0.39 is 0 Å². The number of nitrogens with one attached hydrogen (secondary N) is 1. The van der Waals surface area contributed by atoms with E-state index >= 15 is 0 Å². The van der Waals surface area contributed by atoms with Crippen LogP contribution >= 0.6 is 0 Å². The molecule has 0 heterocycles. The molecule has 0 unspecified atom stereocenters. The second-order valence-corrected chi connectivity index (χ2v) is 6.04. The molecule has 3 nitrogen and oxygen atoms in total. The summed E-state index contributed by atoms with van der Waals surface area (Å²) in [4.78, 5) is 23.1. The summed E-state index contributed by atoms with van der Waals surface area (Å²) in [6.07, 6.45) is 4.69. The monoisotopic (exact) mass is 307 g/mol. The maximum atomic E-state index is 12.5. The summed E-state index contributed by atoms with van der Waals surface area (Å²) in [5.74, 6) is 0.110. The molecule has 2 aromatic carbocycles. The van der Waals surface area contributed by atoms with Gasteiger partial charge in [0.2, 0.25) is 5.91 Å². The third kappa shape index (κ3) is 3.67. The molecule has 0 saturated heterocycles. The number of hydrogen-bond acceptors (Lipinski definition) is 2. The summed E-state index contributed by atoms with van der Waals surface area (Å²) in [7, 11) is 0. The van der Waals surface area contributed by atoms with Gasteiger partial charge in [-0.3, -0.25) is 9.59 Å². The van der Waals surface area contributed by atoms with Crippen LogP contribution in [0.5, 0.6) is 0 Å². The highest BCUT2D eigenvalue weighted by Gasteiger charge is 2.25. The predicted octanol–water partition coefficient (Wildman–Crippen LogP) is 3.28. The van der Waals surface area contributed by atoms with Crippen LogP contribution in [0.1, 0.15) is 45.8 Å². The van der Waals surface area contributed by atoms with Gasteiger partial charge in [-0.15, -0.1) is 0 Å². The fraction of sp³-hybridized carbons (Fsp3) is 0.300. The number of carbonyl (C=O) groups excluding carboxylic acids is 2. The lowest BCUT2D eigenvalue weighted by molar-refractivity contribution is -0.122. The summed E-state index contributed by atoms with van der Waals surface area (Å²) in [5, 5.41) is 3.06. The van der Waals surface area contributed by atoms with Crippen molar-refractivity contribution < 1.29 is 9.59 Å². The Labute approximate surface area is 136 Å². The summed E-state index contributed by atoms with van der Waals surface area (Å²) in [6.45, 7) is 0.623. The van der Waals surface area contributed by atoms with E-state index in [2.05, 4.69) is 17.4 Å². The van der Waals surface area contributed by atoms with Gasteiger partial charge >= 0.3 is 0 Å². The van der Waals surface area contributed by atoms with Crippen molar-refractivity contribution in [2.24, 2.45) is 0 Å². The van der Waals surface area contributed by atoms with Crippen molar-refractivity contribution in [3.05, 3.63) is 70.8 Å². The Kier molecular flexibility index (Phi) is 4.86. The highest BCUT2D eigenvalue weighted by atomic mass is 16.1. The van der Waals surface area contributed by atoms with Gasteiger partial charge in [0.15, 0.2) is 0 Å². The molecule has 1 N–H and O–H groups in total. The molecule has 0 bridgehead atoms. The van der Waals surface area contributed by atoms with Gasteiger partial charge in [0.05, 0.1) is 5.92 Å². The van der Waals surface area contributed by atoms with Gasteiger partial charge in [0.25, 0.3) is 0 Å². The smallest absolute Gasteiger partial charge is 0.227 e. The minimum absolute atomic E-state index is 0.0163. The van der Waals surface area contributed by atoms with Crippen molar-refractivity contribution >= 4 is 12.2 Å². The number of aldehydes is 1. The lowest BCUT2D eigenvalue weighted by Gasteiger charge is -2.24. The van der Waals surface area contributed by atoms with Crippen LogP contribution in [0.3, 0.4) is 0 Å². The Balaban J connectivity index is 1.56. The zero-order chi connectivity index (χ0) is 16.1. The SMILES string of the molecule is O=Cc1ccc(CCNC(=O)[C@H]2CCCc3ccccc32)cc1. The number of fused-ring (bicyclic) bond motifs is 1. The average molecular weight is 307 g/mol. The normalized spacial score (nSPS) is 16.4. The topological polar surface area (TPSA) is 46.2 Å². The molecule has 0 aliphatic heterocycles. The van der Waals surface area contributed by atoms with Crippen molar-refractivity contribution in [1.82, 2.24) is 5.32 Å². The average Bonchev–Trinajstić information content (AvgIpc) is 2.61. The maximum Gasteiger partial charge on any atom is 0.227 e. The van der Waals surface area contributed by atoms with Crippen LogP contribution in [0.15, 0.2) is 48.5 Å². The van der Waals surface area contributed by atoms with Gasteiger partial charge in [-0.1, -0.05) is 48.5 Å². The molecule has 3 rings (SSSR count). The number of amides is 1. The van der Waals surface area contributed by atoms with Crippen LogP contribution in [-0.2, 0) is 17.6 Å². The van der Waals surface area contributed by atoms with Crippen LogP contribution < -0.4 is 5.32 Å². The largest absolute Gasteiger partial charge is 0.355 e. The third-order valence-electron chi connectivity index (χ3n) is 4.51. The van der Waals surface area contributed by atoms with Crippen LogP contribution in [0.4, 0.5) is 0 Å². The van der Waals surface area contributed by atoms with Gasteiger partial charge in [-0.25, -0.2) is 0 Å². The standard InChI is InChI=1S/C20H21NO2/c22-14-16-10-8-15(9-11-16)12-13-21-20(23)19-7-3-5-17-4-1-2-6-18(17)19/h1-2,4,6,8-11,14,19H,3,5,7,12-13H2,(H,21,23)/t19-/m0/s1. The number of benzene rings is 2. The van der Waals surface area contributed by atoms with Gasteiger partial charge in [-0.2, -0.15) is 0 Å². The minimum Gasteiger partial charge on any atom is -0.355 e. The summed E-state index contributed by atoms with van der Waals surface area (Å²) >= 11 is 0. The first-order chi connectivity index (χ1) is 11.3. The Hall–Kier alpha value is -2.42. The molecule has 1 amide bonds. The Bertz CT molecular complexity index is 691. The van der Waals surface area contributed by atoms with Crippen molar-refractivity contribution in [1.29, 1.82) is 0 Å². The molecule has 23 heavy (non-hydrogen) atoms. The first-order valence-electron chi connectivity index (χ1n) is 8.17. The maximum absolute atomic E-state index is 12.5. The van der Waals surface area contributed by atoms with E-state index in [1.165, 1.54) is 11.1 Å². The molecule has 0 radical (unpaired) electrons. The summed E-state index contributed by atoms with van der Waals surface area (Å²) in [5.41, 5.74) is 4.30. The zero-order valence-electron chi connectivity index (χ0n) is 13.1. The van der Waals surface area contributed by atoms with E-state index in [0.29, 0.717) is 12.1 Å². The van der Waals surface area contributed by atoms with Gasteiger partial charge in [-0.05, 0) is 42.4 Å². The molecule has 0 fully saturated rings. The van der Waals surface area contributed by atoms with E-state index in [0.717, 1.165) is 37.5 Å². The van der Waals surface area contributed by atoms with E-state index in [1.54, 1.807) is 0 Å². The van der Waals surface area contributed by atoms with E-state index in [-0.39, 0.29) is 11.8 Å². The molecule has 118 valence electrons.